The van der Waals surface area contributed by atoms with Gasteiger partial charge in [-0.15, -0.1) is 22.9 Å². The second kappa shape index (κ2) is 5.83. The third-order valence-electron chi connectivity index (χ3n) is 2.56. The minimum absolute atomic E-state index is 0.339. The zero-order valence-electron chi connectivity index (χ0n) is 9.94. The normalized spacial score (nSPS) is 12.2. The maximum absolute atomic E-state index is 6.50. The molecular formula is C13H12Cl2O2S. The molecule has 1 unspecified atom stereocenters. The van der Waals surface area contributed by atoms with E-state index in [1.165, 1.54) is 11.3 Å². The molecule has 0 saturated heterocycles. The summed E-state index contributed by atoms with van der Waals surface area (Å²) in [4.78, 5) is 0.962. The van der Waals surface area contributed by atoms with Crippen LogP contribution in [0.1, 0.15) is 15.8 Å². The van der Waals surface area contributed by atoms with E-state index in [9.17, 15) is 0 Å². The molecule has 0 aliphatic heterocycles. The molecule has 1 heterocycles. The van der Waals surface area contributed by atoms with Crippen molar-refractivity contribution in [3.63, 3.8) is 0 Å². The molecule has 0 aliphatic carbocycles. The summed E-state index contributed by atoms with van der Waals surface area (Å²) in [5.74, 6) is 1.41. The average Bonchev–Trinajstić information content (AvgIpc) is 2.83. The maximum Gasteiger partial charge on any atom is 0.127 e. The average molecular weight is 303 g/mol. The van der Waals surface area contributed by atoms with Crippen molar-refractivity contribution in [3.05, 3.63) is 45.1 Å². The van der Waals surface area contributed by atoms with Gasteiger partial charge in [0.25, 0.3) is 0 Å². The van der Waals surface area contributed by atoms with Gasteiger partial charge in [-0.05, 0) is 24.3 Å². The van der Waals surface area contributed by atoms with Crippen molar-refractivity contribution in [3.8, 4) is 11.5 Å². The molecule has 0 saturated carbocycles. The highest BCUT2D eigenvalue weighted by Gasteiger charge is 2.21. The van der Waals surface area contributed by atoms with Crippen LogP contribution in [-0.2, 0) is 0 Å². The van der Waals surface area contributed by atoms with Gasteiger partial charge in [-0.25, -0.2) is 0 Å². The van der Waals surface area contributed by atoms with E-state index in [0.717, 1.165) is 10.4 Å². The molecule has 0 spiro atoms. The smallest absolute Gasteiger partial charge is 0.127 e. The second-order valence-corrected chi connectivity index (χ2v) is 5.76. The molecule has 18 heavy (non-hydrogen) atoms. The summed E-state index contributed by atoms with van der Waals surface area (Å²) in [5, 5.41) is -0.339. The van der Waals surface area contributed by atoms with E-state index in [1.54, 1.807) is 14.2 Å². The number of hydrogen-bond donors (Lipinski definition) is 0. The van der Waals surface area contributed by atoms with Gasteiger partial charge in [0.1, 0.15) is 16.9 Å². The topological polar surface area (TPSA) is 18.5 Å². The van der Waals surface area contributed by atoms with Crippen LogP contribution in [0.15, 0.2) is 30.3 Å². The SMILES string of the molecule is COc1cccc(OC)c1C(Cl)c1ccc(Cl)s1. The van der Waals surface area contributed by atoms with Crippen LogP contribution in [0.2, 0.25) is 4.34 Å². The number of rotatable bonds is 4. The number of methoxy groups -OCH3 is 2. The lowest BCUT2D eigenvalue weighted by Gasteiger charge is -2.16. The number of thiophene rings is 1. The Morgan fingerprint density at radius 1 is 1.06 bits per heavy atom. The highest BCUT2D eigenvalue weighted by Crippen LogP contribution is 2.43. The summed E-state index contributed by atoms with van der Waals surface area (Å²) in [6.07, 6.45) is 0. The molecule has 96 valence electrons. The van der Waals surface area contributed by atoms with Crippen LogP contribution in [-0.4, -0.2) is 14.2 Å². The largest absolute Gasteiger partial charge is 0.496 e. The molecule has 0 aliphatic rings. The molecule has 1 atom stereocenters. The maximum atomic E-state index is 6.50. The molecule has 2 rings (SSSR count). The van der Waals surface area contributed by atoms with Crippen molar-refractivity contribution in [1.29, 1.82) is 0 Å². The minimum atomic E-state index is -0.339. The number of hydrogen-bond acceptors (Lipinski definition) is 3. The van der Waals surface area contributed by atoms with Crippen molar-refractivity contribution in [2.75, 3.05) is 14.2 Å². The number of alkyl halides is 1. The lowest BCUT2D eigenvalue weighted by Crippen LogP contribution is -1.99. The number of ether oxygens (including phenoxy) is 2. The highest BCUT2D eigenvalue weighted by molar-refractivity contribution is 7.16. The van der Waals surface area contributed by atoms with E-state index >= 15 is 0 Å². The van der Waals surface area contributed by atoms with Crippen LogP contribution in [0.25, 0.3) is 0 Å². The summed E-state index contributed by atoms with van der Waals surface area (Å²) in [5.41, 5.74) is 0.822. The van der Waals surface area contributed by atoms with Crippen LogP contribution in [0.5, 0.6) is 11.5 Å². The zero-order chi connectivity index (χ0) is 13.1. The Morgan fingerprint density at radius 2 is 1.67 bits per heavy atom. The fraction of sp³-hybridized carbons (Fsp3) is 0.231. The third-order valence-corrected chi connectivity index (χ3v) is 4.44. The molecule has 0 amide bonds. The van der Waals surface area contributed by atoms with Crippen molar-refractivity contribution >= 4 is 34.5 Å². The Balaban J connectivity index is 2.48. The zero-order valence-corrected chi connectivity index (χ0v) is 12.3. The van der Waals surface area contributed by atoms with Gasteiger partial charge in [-0.1, -0.05) is 17.7 Å². The van der Waals surface area contributed by atoms with Crippen LogP contribution in [0, 0.1) is 0 Å². The first kappa shape index (κ1) is 13.5. The third kappa shape index (κ3) is 2.58. The summed E-state index contributed by atoms with van der Waals surface area (Å²) in [7, 11) is 3.23. The summed E-state index contributed by atoms with van der Waals surface area (Å²) in [6, 6.07) is 9.34. The number of benzene rings is 1. The Bertz CT molecular complexity index is 517. The fourth-order valence-corrected chi connectivity index (χ4v) is 3.21. The number of halogens is 2. The van der Waals surface area contributed by atoms with E-state index in [-0.39, 0.29) is 5.38 Å². The molecule has 0 bridgehead atoms. The Morgan fingerprint density at radius 3 is 2.11 bits per heavy atom. The van der Waals surface area contributed by atoms with Crippen LogP contribution in [0.3, 0.4) is 0 Å². The van der Waals surface area contributed by atoms with Gasteiger partial charge < -0.3 is 9.47 Å². The van der Waals surface area contributed by atoms with Crippen molar-refractivity contribution in [2.24, 2.45) is 0 Å². The fourth-order valence-electron chi connectivity index (χ4n) is 1.74. The minimum Gasteiger partial charge on any atom is -0.496 e. The lowest BCUT2D eigenvalue weighted by molar-refractivity contribution is 0.386. The van der Waals surface area contributed by atoms with Crippen molar-refractivity contribution < 1.29 is 9.47 Å². The van der Waals surface area contributed by atoms with Gasteiger partial charge in [0.15, 0.2) is 0 Å². The Labute approximate surface area is 120 Å². The van der Waals surface area contributed by atoms with Gasteiger partial charge in [0.2, 0.25) is 0 Å². The first-order valence-electron chi connectivity index (χ1n) is 5.27. The van der Waals surface area contributed by atoms with E-state index in [4.69, 9.17) is 32.7 Å². The van der Waals surface area contributed by atoms with Gasteiger partial charge in [0.05, 0.1) is 24.1 Å². The molecular weight excluding hydrogens is 291 g/mol. The molecule has 2 nitrogen and oxygen atoms in total. The molecule has 0 fully saturated rings. The molecule has 0 radical (unpaired) electrons. The predicted molar refractivity (Wildman–Crippen MR) is 76.6 cm³/mol. The van der Waals surface area contributed by atoms with Gasteiger partial charge in [-0.2, -0.15) is 0 Å². The predicted octanol–water partition coefficient (Wildman–Crippen LogP) is 4.75. The van der Waals surface area contributed by atoms with Gasteiger partial charge in [0, 0.05) is 4.88 Å². The van der Waals surface area contributed by atoms with E-state index in [0.29, 0.717) is 15.8 Å². The molecule has 1 aromatic heterocycles. The monoisotopic (exact) mass is 302 g/mol. The summed E-state index contributed by atoms with van der Waals surface area (Å²) in [6.45, 7) is 0. The standard InChI is InChI=1S/C13H12Cl2O2S/c1-16-8-4-3-5-9(17-2)12(8)13(15)10-6-7-11(14)18-10/h3-7,13H,1-2H3. The molecule has 5 heteroatoms. The first-order valence-corrected chi connectivity index (χ1v) is 6.90. The quantitative estimate of drug-likeness (QED) is 0.759. The summed E-state index contributed by atoms with van der Waals surface area (Å²) < 4.78 is 11.4. The van der Waals surface area contributed by atoms with Gasteiger partial charge >= 0.3 is 0 Å². The molecule has 1 aromatic carbocycles. The highest BCUT2D eigenvalue weighted by atomic mass is 35.5. The summed E-state index contributed by atoms with van der Waals surface area (Å²) >= 11 is 13.9. The Hall–Kier alpha value is -0.900. The molecule has 0 N–H and O–H groups in total. The van der Waals surface area contributed by atoms with Crippen LogP contribution >= 0.6 is 34.5 Å². The van der Waals surface area contributed by atoms with E-state index in [1.807, 2.05) is 30.3 Å². The second-order valence-electron chi connectivity index (χ2n) is 3.58. The van der Waals surface area contributed by atoms with E-state index < -0.39 is 0 Å². The Kier molecular flexibility index (Phi) is 4.38. The molecule has 2 aromatic rings. The van der Waals surface area contributed by atoms with Crippen molar-refractivity contribution in [1.82, 2.24) is 0 Å². The van der Waals surface area contributed by atoms with Crippen LogP contribution < -0.4 is 9.47 Å². The van der Waals surface area contributed by atoms with Crippen LogP contribution in [0.4, 0.5) is 0 Å². The van der Waals surface area contributed by atoms with E-state index in [2.05, 4.69) is 0 Å². The van der Waals surface area contributed by atoms with Gasteiger partial charge in [-0.3, -0.25) is 0 Å². The first-order chi connectivity index (χ1) is 8.67. The van der Waals surface area contributed by atoms with Crippen molar-refractivity contribution in [2.45, 2.75) is 5.38 Å². The lowest BCUT2D eigenvalue weighted by atomic mass is 10.1.